The molecule has 8 nitrogen and oxygen atoms in total. The van der Waals surface area contributed by atoms with Crippen LogP contribution in [0.4, 0.5) is 4.79 Å². The van der Waals surface area contributed by atoms with Gasteiger partial charge < -0.3 is 25.6 Å². The Morgan fingerprint density at radius 3 is 2.60 bits per heavy atom. The standard InChI is InChI=1S/C27H39N5O3/c1-18(2)19-3-5-21(6-4-19)31-13-9-27(10-14-31)23-8-7-22(35-26(28)34)15-20(23)16-32(25(27)33)17-24-29-11-12-30-24/h7-8,15,18-19,21H,3-6,9-14,16-17H2,1-2H3,(H2,28,34)(H,29,30)/t19-,21+. The lowest BCUT2D eigenvalue weighted by Crippen LogP contribution is -2.58. The van der Waals surface area contributed by atoms with E-state index in [1.165, 1.54) is 25.7 Å². The number of nitrogens with one attached hydrogen (secondary N) is 1. The van der Waals surface area contributed by atoms with Gasteiger partial charge >= 0.3 is 6.09 Å². The van der Waals surface area contributed by atoms with Crippen molar-refractivity contribution >= 4 is 17.8 Å². The van der Waals surface area contributed by atoms with E-state index in [9.17, 15) is 9.59 Å². The minimum atomic E-state index is -0.826. The second-order valence-corrected chi connectivity index (χ2v) is 11.1. The van der Waals surface area contributed by atoms with E-state index in [0.29, 0.717) is 24.9 Å². The number of ether oxygens (including phenoxy) is 1. The number of carbonyl (C=O) groups is 2. The van der Waals surface area contributed by atoms with Crippen LogP contribution in [-0.2, 0) is 16.8 Å². The Hall–Kier alpha value is -2.61. The molecule has 35 heavy (non-hydrogen) atoms. The maximum atomic E-state index is 14.0. The Kier molecular flexibility index (Phi) is 6.75. The van der Waals surface area contributed by atoms with E-state index < -0.39 is 11.5 Å². The van der Waals surface area contributed by atoms with E-state index in [2.05, 4.69) is 29.1 Å². The zero-order valence-electron chi connectivity index (χ0n) is 21.1. The molecule has 190 valence electrons. The van der Waals surface area contributed by atoms with Crippen LogP contribution in [0, 0.1) is 11.8 Å². The number of aliphatic imine (C=N–C) groups is 1. The summed E-state index contributed by atoms with van der Waals surface area (Å²) in [7, 11) is 0. The highest BCUT2D eigenvalue weighted by Gasteiger charge is 2.50. The van der Waals surface area contributed by atoms with Gasteiger partial charge in [0.05, 0.1) is 18.5 Å². The highest BCUT2D eigenvalue weighted by Crippen LogP contribution is 2.45. The van der Waals surface area contributed by atoms with Gasteiger partial charge in [0.15, 0.2) is 0 Å². The summed E-state index contributed by atoms with van der Waals surface area (Å²) in [5, 5.41) is 3.30. The van der Waals surface area contributed by atoms with Crippen molar-refractivity contribution in [1.29, 1.82) is 0 Å². The van der Waals surface area contributed by atoms with E-state index in [0.717, 1.165) is 67.8 Å². The summed E-state index contributed by atoms with van der Waals surface area (Å²) in [5.74, 6) is 3.13. The first kappa shape index (κ1) is 24.1. The van der Waals surface area contributed by atoms with E-state index >= 15 is 0 Å². The van der Waals surface area contributed by atoms with Crippen LogP contribution in [0.3, 0.4) is 0 Å². The number of piperidine rings is 1. The minimum Gasteiger partial charge on any atom is -0.410 e. The number of nitrogens with two attached hydrogens (primary N) is 1. The number of amides is 2. The zero-order valence-corrected chi connectivity index (χ0v) is 21.1. The van der Waals surface area contributed by atoms with Crippen molar-refractivity contribution < 1.29 is 14.3 Å². The maximum Gasteiger partial charge on any atom is 0.409 e. The van der Waals surface area contributed by atoms with E-state index in [1.54, 1.807) is 6.07 Å². The monoisotopic (exact) mass is 481 g/mol. The second-order valence-electron chi connectivity index (χ2n) is 11.1. The molecule has 0 aromatic heterocycles. The van der Waals surface area contributed by atoms with Crippen molar-refractivity contribution in [1.82, 2.24) is 15.1 Å². The fourth-order valence-corrected chi connectivity index (χ4v) is 6.79. The van der Waals surface area contributed by atoms with Gasteiger partial charge in [0.1, 0.15) is 11.6 Å². The number of likely N-dealkylation sites (tertiary alicyclic amines) is 1. The lowest BCUT2D eigenvalue weighted by molar-refractivity contribution is -0.141. The van der Waals surface area contributed by atoms with Gasteiger partial charge in [-0.3, -0.25) is 9.79 Å². The fraction of sp³-hybridized carbons (Fsp3) is 0.667. The predicted molar refractivity (Wildman–Crippen MR) is 135 cm³/mol. The molecule has 0 unspecified atom stereocenters. The quantitative estimate of drug-likeness (QED) is 0.673. The Labute approximate surface area is 208 Å². The SMILES string of the molecule is CC(C)[C@H]1CC[C@@H](N2CCC3(CC2)C(=O)N(CC2=NCCN2)Cc2cc(OC(N)=O)ccc23)CC1. The Bertz CT molecular complexity index is 991. The topological polar surface area (TPSA) is 100 Å². The molecule has 0 atom stereocenters. The van der Waals surface area contributed by atoms with Gasteiger partial charge in [-0.1, -0.05) is 19.9 Å². The molecule has 5 rings (SSSR count). The molecule has 1 saturated heterocycles. The van der Waals surface area contributed by atoms with E-state index in [1.807, 2.05) is 17.0 Å². The Balaban J connectivity index is 1.37. The first-order valence-corrected chi connectivity index (χ1v) is 13.3. The summed E-state index contributed by atoms with van der Waals surface area (Å²) in [6.45, 7) is 9.12. The fourth-order valence-electron chi connectivity index (χ4n) is 6.79. The molecule has 1 aliphatic carbocycles. The van der Waals surface area contributed by atoms with E-state index in [-0.39, 0.29) is 5.91 Å². The number of amidine groups is 1. The van der Waals surface area contributed by atoms with E-state index in [4.69, 9.17) is 10.5 Å². The molecule has 2 amide bonds. The van der Waals surface area contributed by atoms with Crippen LogP contribution >= 0.6 is 0 Å². The highest BCUT2D eigenvalue weighted by molar-refractivity contribution is 5.95. The van der Waals surface area contributed by atoms with Gasteiger partial charge in [0.25, 0.3) is 0 Å². The second kappa shape index (κ2) is 9.80. The van der Waals surface area contributed by atoms with Crippen LogP contribution in [0.15, 0.2) is 23.2 Å². The van der Waals surface area contributed by atoms with Gasteiger partial charge in [0.2, 0.25) is 5.91 Å². The lowest BCUT2D eigenvalue weighted by atomic mass is 9.67. The summed E-state index contributed by atoms with van der Waals surface area (Å²) in [4.78, 5) is 34.5. The molecule has 2 fully saturated rings. The number of rotatable bonds is 5. The number of carbonyl (C=O) groups excluding carboxylic acids is 2. The number of fused-ring (bicyclic) bond motifs is 2. The zero-order chi connectivity index (χ0) is 24.6. The molecular weight excluding hydrogens is 442 g/mol. The van der Waals surface area contributed by atoms with Crippen LogP contribution in [0.2, 0.25) is 0 Å². The normalized spacial score (nSPS) is 26.4. The smallest absolute Gasteiger partial charge is 0.409 e. The maximum absolute atomic E-state index is 14.0. The predicted octanol–water partition coefficient (Wildman–Crippen LogP) is 3.04. The van der Waals surface area contributed by atoms with Crippen LogP contribution in [0.5, 0.6) is 5.75 Å². The number of hydrogen-bond donors (Lipinski definition) is 2. The molecule has 3 N–H and O–H groups in total. The molecule has 1 spiro atoms. The summed E-state index contributed by atoms with van der Waals surface area (Å²) >= 11 is 0. The molecule has 1 aromatic carbocycles. The molecule has 3 heterocycles. The summed E-state index contributed by atoms with van der Waals surface area (Å²) in [6, 6.07) is 6.28. The van der Waals surface area contributed by atoms with Crippen LogP contribution in [0.1, 0.15) is 63.5 Å². The summed E-state index contributed by atoms with van der Waals surface area (Å²) < 4.78 is 5.16. The van der Waals surface area contributed by atoms with Crippen molar-refractivity contribution in [2.75, 3.05) is 32.7 Å². The minimum absolute atomic E-state index is 0.202. The molecule has 0 bridgehead atoms. The third-order valence-electron chi connectivity index (χ3n) is 8.80. The number of hydrogen-bond acceptors (Lipinski definition) is 6. The third-order valence-corrected chi connectivity index (χ3v) is 8.80. The van der Waals surface area contributed by atoms with Gasteiger partial charge in [-0.2, -0.15) is 0 Å². The first-order chi connectivity index (χ1) is 16.9. The van der Waals surface area contributed by atoms with Crippen molar-refractivity contribution in [3.05, 3.63) is 29.3 Å². The van der Waals surface area contributed by atoms with Crippen molar-refractivity contribution in [3.8, 4) is 5.75 Å². The molecule has 3 aliphatic heterocycles. The van der Waals surface area contributed by atoms with Crippen LogP contribution < -0.4 is 15.8 Å². The van der Waals surface area contributed by atoms with Crippen molar-refractivity contribution in [2.24, 2.45) is 22.6 Å². The lowest BCUT2D eigenvalue weighted by Gasteiger charge is -2.49. The Morgan fingerprint density at radius 2 is 1.97 bits per heavy atom. The van der Waals surface area contributed by atoms with Gasteiger partial charge in [-0.25, -0.2) is 4.79 Å². The van der Waals surface area contributed by atoms with Crippen LogP contribution in [-0.4, -0.2) is 66.4 Å². The molecule has 0 radical (unpaired) electrons. The van der Waals surface area contributed by atoms with Crippen molar-refractivity contribution in [3.63, 3.8) is 0 Å². The van der Waals surface area contributed by atoms with Crippen LogP contribution in [0.25, 0.3) is 0 Å². The average Bonchev–Trinajstić information content (AvgIpc) is 3.36. The average molecular weight is 482 g/mol. The highest BCUT2D eigenvalue weighted by atomic mass is 16.5. The summed E-state index contributed by atoms with van der Waals surface area (Å²) in [5.41, 5.74) is 6.83. The molecule has 8 heteroatoms. The largest absolute Gasteiger partial charge is 0.410 e. The molecule has 1 saturated carbocycles. The number of benzene rings is 1. The number of nitrogens with zero attached hydrogens (tertiary/aromatic N) is 3. The van der Waals surface area contributed by atoms with Gasteiger partial charge in [0, 0.05) is 19.1 Å². The van der Waals surface area contributed by atoms with Crippen molar-refractivity contribution in [2.45, 2.75) is 70.4 Å². The Morgan fingerprint density at radius 1 is 1.23 bits per heavy atom. The van der Waals surface area contributed by atoms with Gasteiger partial charge in [-0.15, -0.1) is 0 Å². The third kappa shape index (κ3) is 4.77. The van der Waals surface area contributed by atoms with Gasteiger partial charge in [-0.05, 0) is 86.7 Å². The number of primary amides is 1. The summed E-state index contributed by atoms with van der Waals surface area (Å²) in [6.07, 6.45) is 5.98. The molecule has 4 aliphatic rings. The first-order valence-electron chi connectivity index (χ1n) is 13.3. The molecular formula is C27H39N5O3. The molecule has 1 aromatic rings.